The highest BCUT2D eigenvalue weighted by Gasteiger charge is 2.74. The average Bonchev–Trinajstić information content (AvgIpc) is 3.15. The van der Waals surface area contributed by atoms with Gasteiger partial charge in [-0.3, -0.25) is 19.2 Å². The molecule has 4 amide bonds. The number of carbonyl (C=O) groups is 4. The van der Waals surface area contributed by atoms with Crippen LogP contribution in [0.1, 0.15) is 49.4 Å². The minimum atomic E-state index is -6.23. The number of fused-ring (bicyclic) bond motifs is 5. The van der Waals surface area contributed by atoms with Crippen molar-refractivity contribution in [1.82, 2.24) is 0 Å². The number of nitrogens with one attached hydrogen (secondary N) is 3. The number of anilines is 4. The van der Waals surface area contributed by atoms with Crippen molar-refractivity contribution in [1.29, 1.82) is 0 Å². The van der Waals surface area contributed by atoms with Gasteiger partial charge in [0.25, 0.3) is 11.8 Å². The van der Waals surface area contributed by atoms with Crippen molar-refractivity contribution in [2.24, 2.45) is 23.7 Å². The van der Waals surface area contributed by atoms with Crippen LogP contribution in [0.4, 0.5) is 75.4 Å². The normalized spacial score (nSPS) is 17.9. The summed E-state index contributed by atoms with van der Waals surface area (Å²) in [7, 11) is 22.3. The molecule has 3 aliphatic rings. The highest BCUT2D eigenvalue weighted by Crippen LogP contribution is 2.61. The van der Waals surface area contributed by atoms with Crippen LogP contribution in [0, 0.1) is 23.7 Å². The van der Waals surface area contributed by atoms with E-state index in [1.165, 1.54) is 31.3 Å². The molecule has 8 radical (unpaired) electrons. The van der Waals surface area contributed by atoms with Gasteiger partial charge in [0.2, 0.25) is 22.6 Å². The molecule has 9 rings (SSSR count). The first-order valence-electron chi connectivity index (χ1n) is 24.2. The van der Waals surface area contributed by atoms with Crippen LogP contribution in [0.15, 0.2) is 133 Å². The largest absolute Gasteiger partial charge is 0.566 e. The van der Waals surface area contributed by atoms with Gasteiger partial charge in [-0.2, -0.15) is 52.7 Å². The Morgan fingerprint density at radius 2 is 0.795 bits per heavy atom. The lowest BCUT2D eigenvalue weighted by Crippen LogP contribution is -2.55. The second-order valence-corrected chi connectivity index (χ2v) is 19.1. The topological polar surface area (TPSA) is 154 Å². The third kappa shape index (κ3) is 9.89. The Balaban J connectivity index is 0.938. The van der Waals surface area contributed by atoms with Gasteiger partial charge in [-0.1, -0.05) is 36.4 Å². The molecule has 0 aromatic heterocycles. The zero-order valence-electron chi connectivity index (χ0n) is 42.2. The summed E-state index contributed by atoms with van der Waals surface area (Å²) in [5, 5.41) is 6.82. The second kappa shape index (κ2) is 21.6. The molecular weight excluding hydrogens is 1120 g/mol. The van der Waals surface area contributed by atoms with Crippen LogP contribution in [0.5, 0.6) is 34.5 Å². The lowest BCUT2D eigenvalue weighted by Gasteiger charge is -2.39. The maximum absolute atomic E-state index is 15.6. The second-order valence-electron chi connectivity index (χ2n) is 19.1. The Bertz CT molecular complexity index is 3510. The van der Waals surface area contributed by atoms with Crippen LogP contribution < -0.4 is 44.2 Å². The van der Waals surface area contributed by atoms with Gasteiger partial charge >= 0.3 is 56.9 Å². The molecule has 29 heteroatoms. The molecule has 83 heavy (non-hydrogen) atoms. The van der Waals surface area contributed by atoms with E-state index in [0.29, 0.717) is 78.1 Å². The Morgan fingerprint density at radius 3 is 1.13 bits per heavy atom. The number of carbonyl (C=O) groups excluding carboxylic acids is 4. The Morgan fingerprint density at radius 1 is 0.470 bits per heavy atom. The van der Waals surface area contributed by atoms with Gasteiger partial charge in [0, 0.05) is 18.2 Å². The Labute approximate surface area is 467 Å². The predicted octanol–water partition coefficient (Wildman–Crippen LogP) is 11.0. The highest BCUT2D eigenvalue weighted by atomic mass is 19.4. The number of alkyl halides is 12. The summed E-state index contributed by atoms with van der Waals surface area (Å²) in [4.78, 5) is 55.0. The Kier molecular flexibility index (Phi) is 15.4. The van der Waals surface area contributed by atoms with E-state index in [0.717, 1.165) is 30.3 Å². The van der Waals surface area contributed by atoms with E-state index in [1.54, 1.807) is 12.2 Å². The minimum Gasteiger partial charge on any atom is -0.566 e. The number of amides is 4. The van der Waals surface area contributed by atoms with Crippen molar-refractivity contribution in [3.8, 4) is 34.5 Å². The molecule has 4 atom stereocenters. The van der Waals surface area contributed by atoms with Crippen LogP contribution in [0.3, 0.4) is 0 Å². The summed E-state index contributed by atoms with van der Waals surface area (Å²) in [5.74, 6) is -8.47. The quantitative estimate of drug-likeness (QED) is 0.0369. The number of hydrogen-bond acceptors (Lipinski definition) is 10. The van der Waals surface area contributed by atoms with Crippen molar-refractivity contribution in [2.75, 3.05) is 27.9 Å². The summed E-state index contributed by atoms with van der Waals surface area (Å²) in [6, 6.07) is 15.7. The summed E-state index contributed by atoms with van der Waals surface area (Å²) in [5.41, 5.74) is -18.4. The lowest BCUT2D eigenvalue weighted by molar-refractivity contribution is -0.290. The Hall–Kier alpha value is -8.64. The third-order valence-corrected chi connectivity index (χ3v) is 14.8. The summed E-state index contributed by atoms with van der Waals surface area (Å²) < 4.78 is 208. The molecule has 2 bridgehead atoms. The average molecular weight is 1150 g/mol. The number of imide groups is 1. The van der Waals surface area contributed by atoms with Gasteiger partial charge in [-0.25, -0.2) is 4.90 Å². The van der Waals surface area contributed by atoms with Gasteiger partial charge in [0.05, 0.1) is 34.6 Å². The smallest absolute Gasteiger partial charge is 0.411 e. The number of nitrogens with zero attached hydrogens (tertiary/aromatic N) is 1. The molecule has 1 heterocycles. The molecule has 4 unspecified atom stereocenters. The van der Waals surface area contributed by atoms with E-state index in [4.69, 9.17) is 46.2 Å². The van der Waals surface area contributed by atoms with E-state index in [9.17, 15) is 19.2 Å². The fourth-order valence-corrected chi connectivity index (χ4v) is 11.0. The minimum absolute atomic E-state index is 0.00764. The fourth-order valence-electron chi connectivity index (χ4n) is 11.0. The molecule has 13 nitrogen and oxygen atoms in total. The van der Waals surface area contributed by atoms with Crippen LogP contribution in [-0.4, -0.2) is 87.6 Å². The van der Waals surface area contributed by atoms with Crippen LogP contribution in [0.25, 0.3) is 0 Å². The van der Waals surface area contributed by atoms with E-state index < -0.39 is 128 Å². The number of hydrogen-bond donors (Lipinski definition) is 3. The molecule has 0 spiro atoms. The van der Waals surface area contributed by atoms with Gasteiger partial charge in [-0.15, -0.1) is 0 Å². The monoisotopic (exact) mass is 1150 g/mol. The number of halogens is 12. The molecule has 3 N–H and O–H groups in total. The van der Waals surface area contributed by atoms with E-state index in [-0.39, 0.29) is 45.9 Å². The van der Waals surface area contributed by atoms with Gasteiger partial charge in [0.15, 0.2) is 0 Å². The molecule has 420 valence electrons. The van der Waals surface area contributed by atoms with Crippen LogP contribution in [-0.2, 0) is 20.4 Å². The molecule has 1 saturated heterocycles. The SMILES string of the molecule is [B]Oc1ccc(C(c2ccc(O[B])c(NC(=O)c3ccc(Oc4ccc(C(=O)Nc5cc(C(c6ccc(O[B])c(N7C(=O)C8C9C=CC(C9)C8C7=O)c6)(C(F)(F)F)C(F)(F)F)ccc5O[B])cc4)cc3)c2)(C(F)(F)F)C(F)(F)F)cc1NC. The number of benzene rings is 6. The lowest BCUT2D eigenvalue weighted by atomic mass is 9.72. The van der Waals surface area contributed by atoms with Gasteiger partial charge < -0.3 is 39.3 Å². The summed E-state index contributed by atoms with van der Waals surface area (Å²) in [6.07, 6.45) is -20.7. The number of rotatable bonds is 16. The van der Waals surface area contributed by atoms with Crippen molar-refractivity contribution >= 4 is 78.6 Å². The first-order valence-corrected chi connectivity index (χ1v) is 24.2. The first-order chi connectivity index (χ1) is 39.1. The fraction of sp³-hybridized carbons (Fsp3) is 0.222. The zero-order chi connectivity index (χ0) is 60.4. The van der Waals surface area contributed by atoms with Crippen molar-refractivity contribution in [3.63, 3.8) is 0 Å². The number of allylic oxidation sites excluding steroid dienone is 2. The first kappa shape index (κ1) is 59.0. The van der Waals surface area contributed by atoms with Crippen molar-refractivity contribution < 1.29 is 95.2 Å². The molecule has 1 aliphatic heterocycles. The maximum atomic E-state index is 15.6. The molecule has 6 aromatic rings. The molecular formula is C54H34B4F12N4O9. The summed E-state index contributed by atoms with van der Waals surface area (Å²) >= 11 is 0. The summed E-state index contributed by atoms with van der Waals surface area (Å²) in [6.45, 7) is 0. The zero-order valence-corrected chi connectivity index (χ0v) is 42.2. The van der Waals surface area contributed by atoms with E-state index in [2.05, 4.69) is 25.3 Å². The van der Waals surface area contributed by atoms with Crippen LogP contribution in [0.2, 0.25) is 0 Å². The number of ether oxygens (including phenoxy) is 1. The van der Waals surface area contributed by atoms with E-state index >= 15 is 52.7 Å². The maximum Gasteiger partial charge on any atom is 0.411 e. The van der Waals surface area contributed by atoms with E-state index in [1.807, 2.05) is 0 Å². The molecule has 2 aliphatic carbocycles. The van der Waals surface area contributed by atoms with Gasteiger partial charge in [-0.05, 0) is 138 Å². The van der Waals surface area contributed by atoms with Crippen molar-refractivity contribution in [3.05, 3.63) is 167 Å². The standard InChI is InChI=1S/C54H34B4F12N4O9/c1-71-35-21-29(8-16-39(35)80-55)49(51(59,60)61,52(62,63)64)30-9-17-40(81-56)36(22-30)72-45(75)25-4-12-33(13-5-25)79-34-14-6-26(7-15-34)46(76)73-37-23-31(10-18-41(37)82-57)50(53(65,66)67,54(68,69)70)32-11-19-42(83-58)38(24-32)74-47(77)43-27-2-3-28(20-27)44(43)48(74)78/h2-19,21-24,27-28,43-44,71H,20H2,1H3,(H,72,75)(H,73,76). The molecule has 2 fully saturated rings. The van der Waals surface area contributed by atoms with Crippen LogP contribution >= 0.6 is 0 Å². The predicted molar refractivity (Wildman–Crippen MR) is 276 cm³/mol. The molecule has 1 saturated carbocycles. The highest BCUT2D eigenvalue weighted by molar-refractivity contribution is 6.24. The van der Waals surface area contributed by atoms with Crippen molar-refractivity contribution in [2.45, 2.75) is 42.0 Å². The third-order valence-electron chi connectivity index (χ3n) is 14.8. The molecule has 6 aromatic carbocycles. The van der Waals surface area contributed by atoms with Gasteiger partial charge in [0.1, 0.15) is 34.5 Å².